The van der Waals surface area contributed by atoms with Gasteiger partial charge >= 0.3 is 0 Å². The first-order valence-corrected chi connectivity index (χ1v) is 7.95. The number of carbonyl (C=O) groups is 1. The molecule has 1 aromatic rings. The lowest BCUT2D eigenvalue weighted by molar-refractivity contribution is -0.122. The maximum Gasteiger partial charge on any atom is 0.223 e. The standard InChI is InChI=1S/C17H24ClNO2/c1-17(2,11-20)8-3-9-19-16(21)15-10-14(15)12-4-6-13(18)7-5-12/h4-7,14-15,20H,3,8-11H2,1-2H3,(H,19,21). The fourth-order valence-electron chi connectivity index (χ4n) is 2.55. The Hall–Kier alpha value is -1.06. The van der Waals surface area contributed by atoms with Crippen molar-refractivity contribution in [3.63, 3.8) is 0 Å². The summed E-state index contributed by atoms with van der Waals surface area (Å²) in [7, 11) is 0. The highest BCUT2D eigenvalue weighted by Crippen LogP contribution is 2.47. The van der Waals surface area contributed by atoms with Gasteiger partial charge in [0, 0.05) is 24.1 Å². The number of aliphatic hydroxyl groups excluding tert-OH is 1. The quantitative estimate of drug-likeness (QED) is 0.759. The molecule has 1 aliphatic carbocycles. The normalized spacial score (nSPS) is 21.1. The minimum absolute atomic E-state index is 0.0594. The monoisotopic (exact) mass is 309 g/mol. The summed E-state index contributed by atoms with van der Waals surface area (Å²) in [4.78, 5) is 12.1. The Bertz CT molecular complexity index is 484. The lowest BCUT2D eigenvalue weighted by Gasteiger charge is -2.21. The number of carbonyl (C=O) groups excluding carboxylic acids is 1. The minimum atomic E-state index is -0.0594. The SMILES string of the molecule is CC(C)(CO)CCCNC(=O)C1CC1c1ccc(Cl)cc1. The third-order valence-corrected chi connectivity index (χ3v) is 4.43. The molecule has 4 heteroatoms. The zero-order chi connectivity index (χ0) is 15.5. The molecule has 21 heavy (non-hydrogen) atoms. The fraction of sp³-hybridized carbons (Fsp3) is 0.588. The number of rotatable bonds is 7. The molecule has 2 rings (SSSR count). The Labute approximate surface area is 131 Å². The van der Waals surface area contributed by atoms with Crippen LogP contribution in [0.4, 0.5) is 0 Å². The third-order valence-electron chi connectivity index (χ3n) is 4.18. The van der Waals surface area contributed by atoms with Crippen molar-refractivity contribution in [2.75, 3.05) is 13.2 Å². The Morgan fingerprint density at radius 2 is 2.05 bits per heavy atom. The highest BCUT2D eigenvalue weighted by Gasteiger charge is 2.43. The number of nitrogens with one attached hydrogen (secondary N) is 1. The predicted octanol–water partition coefficient (Wildman–Crippen LogP) is 3.36. The molecule has 1 aromatic carbocycles. The summed E-state index contributed by atoms with van der Waals surface area (Å²) < 4.78 is 0. The van der Waals surface area contributed by atoms with E-state index in [2.05, 4.69) is 5.32 Å². The molecule has 0 saturated heterocycles. The van der Waals surface area contributed by atoms with Crippen LogP contribution >= 0.6 is 11.6 Å². The molecule has 116 valence electrons. The van der Waals surface area contributed by atoms with E-state index in [4.69, 9.17) is 11.6 Å². The van der Waals surface area contributed by atoms with Crippen molar-refractivity contribution in [3.05, 3.63) is 34.9 Å². The van der Waals surface area contributed by atoms with Crippen LogP contribution in [0.3, 0.4) is 0 Å². The average Bonchev–Trinajstić information content (AvgIpc) is 3.25. The van der Waals surface area contributed by atoms with Gasteiger partial charge in [0.2, 0.25) is 5.91 Å². The van der Waals surface area contributed by atoms with E-state index < -0.39 is 0 Å². The van der Waals surface area contributed by atoms with Gasteiger partial charge in [0.05, 0.1) is 0 Å². The Kier molecular flexibility index (Phi) is 5.28. The van der Waals surface area contributed by atoms with E-state index >= 15 is 0 Å². The van der Waals surface area contributed by atoms with Gasteiger partial charge in [0.25, 0.3) is 0 Å². The van der Waals surface area contributed by atoms with Crippen molar-refractivity contribution in [3.8, 4) is 0 Å². The summed E-state index contributed by atoms with van der Waals surface area (Å²) in [6.07, 6.45) is 2.74. The van der Waals surface area contributed by atoms with Crippen LogP contribution in [0.5, 0.6) is 0 Å². The van der Waals surface area contributed by atoms with Crippen molar-refractivity contribution in [1.82, 2.24) is 5.32 Å². The van der Waals surface area contributed by atoms with Crippen molar-refractivity contribution in [2.24, 2.45) is 11.3 Å². The number of hydrogen-bond acceptors (Lipinski definition) is 2. The summed E-state index contributed by atoms with van der Waals surface area (Å²) in [6.45, 7) is 4.94. The molecular weight excluding hydrogens is 286 g/mol. The lowest BCUT2D eigenvalue weighted by Crippen LogP contribution is -2.28. The first kappa shape index (κ1) is 16.3. The van der Waals surface area contributed by atoms with Crippen LogP contribution in [0.25, 0.3) is 0 Å². The van der Waals surface area contributed by atoms with Gasteiger partial charge < -0.3 is 10.4 Å². The van der Waals surface area contributed by atoms with Crippen molar-refractivity contribution in [1.29, 1.82) is 0 Å². The summed E-state index contributed by atoms with van der Waals surface area (Å²) >= 11 is 5.87. The van der Waals surface area contributed by atoms with Crippen LogP contribution in [0.1, 0.15) is 44.6 Å². The lowest BCUT2D eigenvalue weighted by atomic mass is 9.89. The number of halogens is 1. The van der Waals surface area contributed by atoms with Crippen LogP contribution in [0.2, 0.25) is 5.02 Å². The Balaban J connectivity index is 1.70. The molecule has 1 saturated carbocycles. The van der Waals surface area contributed by atoms with E-state index in [1.165, 1.54) is 5.56 Å². The van der Waals surface area contributed by atoms with Gasteiger partial charge in [-0.1, -0.05) is 37.6 Å². The van der Waals surface area contributed by atoms with Crippen LogP contribution in [0.15, 0.2) is 24.3 Å². The van der Waals surface area contributed by atoms with Gasteiger partial charge in [-0.05, 0) is 48.3 Å². The zero-order valence-electron chi connectivity index (χ0n) is 12.7. The maximum absolute atomic E-state index is 12.1. The zero-order valence-corrected chi connectivity index (χ0v) is 13.5. The van der Waals surface area contributed by atoms with E-state index in [9.17, 15) is 9.90 Å². The van der Waals surface area contributed by atoms with Gasteiger partial charge in [0.15, 0.2) is 0 Å². The molecule has 2 N–H and O–H groups in total. The molecule has 0 bridgehead atoms. The molecule has 1 aliphatic rings. The molecule has 0 aromatic heterocycles. The second-order valence-electron chi connectivity index (χ2n) is 6.72. The molecule has 0 aliphatic heterocycles. The second-order valence-corrected chi connectivity index (χ2v) is 7.15. The van der Waals surface area contributed by atoms with E-state index in [0.29, 0.717) is 12.5 Å². The Morgan fingerprint density at radius 3 is 2.67 bits per heavy atom. The molecule has 0 heterocycles. The highest BCUT2D eigenvalue weighted by atomic mass is 35.5. The van der Waals surface area contributed by atoms with Crippen LogP contribution < -0.4 is 5.32 Å². The molecule has 0 radical (unpaired) electrons. The highest BCUT2D eigenvalue weighted by molar-refractivity contribution is 6.30. The van der Waals surface area contributed by atoms with Crippen LogP contribution in [-0.4, -0.2) is 24.2 Å². The van der Waals surface area contributed by atoms with Crippen molar-refractivity contribution < 1.29 is 9.90 Å². The number of aliphatic hydroxyl groups is 1. The van der Waals surface area contributed by atoms with Gasteiger partial charge in [-0.3, -0.25) is 4.79 Å². The van der Waals surface area contributed by atoms with E-state index in [1.807, 2.05) is 38.1 Å². The Morgan fingerprint density at radius 1 is 1.38 bits per heavy atom. The first-order valence-electron chi connectivity index (χ1n) is 7.57. The second kappa shape index (κ2) is 6.80. The van der Waals surface area contributed by atoms with Crippen LogP contribution in [0, 0.1) is 11.3 Å². The van der Waals surface area contributed by atoms with Gasteiger partial charge in [-0.25, -0.2) is 0 Å². The molecule has 2 unspecified atom stereocenters. The van der Waals surface area contributed by atoms with Gasteiger partial charge in [-0.2, -0.15) is 0 Å². The number of amides is 1. The number of benzene rings is 1. The number of hydrogen-bond donors (Lipinski definition) is 2. The average molecular weight is 310 g/mol. The molecule has 3 nitrogen and oxygen atoms in total. The van der Waals surface area contributed by atoms with Gasteiger partial charge in [0.1, 0.15) is 0 Å². The summed E-state index contributed by atoms with van der Waals surface area (Å²) in [5.74, 6) is 0.602. The molecule has 2 atom stereocenters. The van der Waals surface area contributed by atoms with Crippen LogP contribution in [-0.2, 0) is 4.79 Å². The smallest absolute Gasteiger partial charge is 0.223 e. The van der Waals surface area contributed by atoms with E-state index in [0.717, 1.165) is 24.3 Å². The summed E-state index contributed by atoms with van der Waals surface area (Å²) in [5.41, 5.74) is 1.14. The van der Waals surface area contributed by atoms with E-state index in [-0.39, 0.29) is 23.8 Å². The van der Waals surface area contributed by atoms with E-state index in [1.54, 1.807) is 0 Å². The maximum atomic E-state index is 12.1. The topological polar surface area (TPSA) is 49.3 Å². The largest absolute Gasteiger partial charge is 0.396 e. The minimum Gasteiger partial charge on any atom is -0.396 e. The van der Waals surface area contributed by atoms with Crippen molar-refractivity contribution >= 4 is 17.5 Å². The summed E-state index contributed by atoms with van der Waals surface area (Å²) in [6, 6.07) is 7.76. The fourth-order valence-corrected chi connectivity index (χ4v) is 2.68. The predicted molar refractivity (Wildman–Crippen MR) is 85.4 cm³/mol. The molecule has 1 amide bonds. The van der Waals surface area contributed by atoms with Gasteiger partial charge in [-0.15, -0.1) is 0 Å². The molecular formula is C17H24ClNO2. The van der Waals surface area contributed by atoms with Crippen molar-refractivity contribution in [2.45, 2.75) is 39.0 Å². The third kappa shape index (κ3) is 4.72. The molecule has 0 spiro atoms. The summed E-state index contributed by atoms with van der Waals surface area (Å²) in [5, 5.41) is 12.9. The first-order chi connectivity index (χ1) is 9.93. The molecule has 1 fully saturated rings.